The van der Waals surface area contributed by atoms with Gasteiger partial charge in [-0.25, -0.2) is 4.98 Å². The number of hydrogen-bond acceptors (Lipinski definition) is 6. The molecule has 0 fully saturated rings. The Morgan fingerprint density at radius 3 is 2.38 bits per heavy atom. The highest BCUT2D eigenvalue weighted by Gasteiger charge is 2.44. The van der Waals surface area contributed by atoms with Crippen molar-refractivity contribution >= 4 is 28.4 Å². The van der Waals surface area contributed by atoms with Crippen LogP contribution >= 0.6 is 0 Å². The molecular formula is C24H17N3O5. The summed E-state index contributed by atoms with van der Waals surface area (Å²) in [5, 5.41) is 11.5. The molecule has 0 aliphatic carbocycles. The molecule has 0 radical (unpaired) electrons. The maximum Gasteiger partial charge on any atom is 0.296 e. The largest absolute Gasteiger partial charge is 0.450 e. The fraction of sp³-hybridized carbons (Fsp3) is 0.125. The number of nitro benzene ring substituents is 1. The van der Waals surface area contributed by atoms with Gasteiger partial charge in [-0.15, -0.1) is 0 Å². The number of rotatable bonds is 3. The van der Waals surface area contributed by atoms with Crippen LogP contribution in [0.2, 0.25) is 0 Å². The van der Waals surface area contributed by atoms with Crippen LogP contribution in [0.5, 0.6) is 0 Å². The Labute approximate surface area is 181 Å². The van der Waals surface area contributed by atoms with Gasteiger partial charge in [0.25, 0.3) is 11.6 Å². The lowest BCUT2D eigenvalue weighted by atomic mass is 9.98. The zero-order chi connectivity index (χ0) is 22.6. The van der Waals surface area contributed by atoms with Crippen LogP contribution < -0.4 is 10.3 Å². The Hall–Kier alpha value is -4.33. The summed E-state index contributed by atoms with van der Waals surface area (Å²) in [6.45, 7) is 3.75. The minimum atomic E-state index is -0.824. The fourth-order valence-corrected chi connectivity index (χ4v) is 4.02. The summed E-state index contributed by atoms with van der Waals surface area (Å²) in [5.41, 5.74) is 2.48. The standard InChI is InChI=1S/C24H17N3O5/c1-13-3-9-18-17(11-13)22(28)20-21(15-5-7-16(8-6-15)27(30)31)26(24(29)23(20)32-18)19-10-4-14(2)12-25-19/h3-12,21H,1-2H3. The minimum absolute atomic E-state index is 0.0444. The van der Waals surface area contributed by atoms with E-state index in [-0.39, 0.29) is 22.4 Å². The number of hydrogen-bond donors (Lipinski definition) is 0. The van der Waals surface area contributed by atoms with Gasteiger partial charge in [0.05, 0.1) is 21.9 Å². The molecule has 32 heavy (non-hydrogen) atoms. The highest BCUT2D eigenvalue weighted by molar-refractivity contribution is 6.10. The molecule has 1 aliphatic rings. The zero-order valence-electron chi connectivity index (χ0n) is 17.2. The second-order valence-electron chi connectivity index (χ2n) is 7.79. The number of fused-ring (bicyclic) bond motifs is 2. The number of aromatic nitrogens is 1. The molecule has 8 heteroatoms. The Bertz CT molecular complexity index is 1460. The normalized spacial score (nSPS) is 15.2. The number of benzene rings is 2. The van der Waals surface area contributed by atoms with Gasteiger partial charge in [0.2, 0.25) is 5.76 Å². The number of non-ortho nitro benzene ring substituents is 1. The van der Waals surface area contributed by atoms with E-state index >= 15 is 0 Å². The molecule has 4 aromatic rings. The molecule has 2 aromatic heterocycles. The smallest absolute Gasteiger partial charge is 0.296 e. The zero-order valence-corrected chi connectivity index (χ0v) is 17.2. The van der Waals surface area contributed by atoms with Crippen LogP contribution in [0.15, 0.2) is 70.0 Å². The van der Waals surface area contributed by atoms with E-state index in [2.05, 4.69) is 4.98 Å². The maximum atomic E-state index is 13.5. The highest BCUT2D eigenvalue weighted by Crippen LogP contribution is 2.40. The molecular weight excluding hydrogens is 410 g/mol. The van der Waals surface area contributed by atoms with Gasteiger partial charge >= 0.3 is 0 Å². The molecule has 0 spiro atoms. The van der Waals surface area contributed by atoms with Crippen LogP contribution in [0.4, 0.5) is 11.5 Å². The van der Waals surface area contributed by atoms with Crippen molar-refractivity contribution in [1.29, 1.82) is 0 Å². The molecule has 2 aromatic carbocycles. The number of aryl methyl sites for hydroxylation is 2. The van der Waals surface area contributed by atoms with Crippen LogP contribution in [0.25, 0.3) is 11.0 Å². The van der Waals surface area contributed by atoms with Gasteiger partial charge in [-0.3, -0.25) is 24.6 Å². The van der Waals surface area contributed by atoms with E-state index in [0.717, 1.165) is 11.1 Å². The Kier molecular flexibility index (Phi) is 4.37. The second kappa shape index (κ2) is 7.12. The summed E-state index contributed by atoms with van der Waals surface area (Å²) in [6.07, 6.45) is 1.63. The molecule has 8 nitrogen and oxygen atoms in total. The summed E-state index contributed by atoms with van der Waals surface area (Å²) in [6, 6.07) is 13.7. The molecule has 1 unspecified atom stereocenters. The summed E-state index contributed by atoms with van der Waals surface area (Å²) in [7, 11) is 0. The van der Waals surface area contributed by atoms with E-state index in [1.807, 2.05) is 26.0 Å². The van der Waals surface area contributed by atoms with Gasteiger partial charge in [0.1, 0.15) is 11.4 Å². The lowest BCUT2D eigenvalue weighted by Crippen LogP contribution is -2.30. The van der Waals surface area contributed by atoms with Gasteiger partial charge < -0.3 is 4.42 Å². The topological polar surface area (TPSA) is 107 Å². The molecule has 5 rings (SSSR count). The third-order valence-corrected chi connectivity index (χ3v) is 5.59. The number of carbonyl (C=O) groups is 1. The first-order chi connectivity index (χ1) is 15.3. The number of nitrogens with zero attached hydrogens (tertiary/aromatic N) is 3. The molecule has 3 heterocycles. The third kappa shape index (κ3) is 2.96. The summed E-state index contributed by atoms with van der Waals surface area (Å²) in [4.78, 5) is 43.4. The van der Waals surface area contributed by atoms with Gasteiger partial charge in [-0.1, -0.05) is 17.7 Å². The van der Waals surface area contributed by atoms with Crippen LogP contribution in [-0.2, 0) is 0 Å². The van der Waals surface area contributed by atoms with E-state index in [0.29, 0.717) is 22.4 Å². The maximum absolute atomic E-state index is 13.5. The van der Waals surface area contributed by atoms with E-state index in [1.165, 1.54) is 17.0 Å². The van der Waals surface area contributed by atoms with E-state index in [1.54, 1.807) is 36.5 Å². The Balaban J connectivity index is 1.78. The molecule has 1 atom stereocenters. The van der Waals surface area contributed by atoms with Crippen molar-refractivity contribution in [3.8, 4) is 0 Å². The van der Waals surface area contributed by atoms with E-state index < -0.39 is 16.9 Å². The minimum Gasteiger partial charge on any atom is -0.450 e. The predicted molar refractivity (Wildman–Crippen MR) is 118 cm³/mol. The van der Waals surface area contributed by atoms with Gasteiger partial charge in [-0.05, 0) is 55.3 Å². The van der Waals surface area contributed by atoms with Crippen molar-refractivity contribution in [2.24, 2.45) is 0 Å². The van der Waals surface area contributed by atoms with Crippen LogP contribution in [0.3, 0.4) is 0 Å². The number of anilines is 1. The lowest BCUT2D eigenvalue weighted by molar-refractivity contribution is -0.384. The predicted octanol–water partition coefficient (Wildman–Crippen LogP) is 4.46. The summed E-state index contributed by atoms with van der Waals surface area (Å²) >= 11 is 0. The van der Waals surface area contributed by atoms with Crippen molar-refractivity contribution in [2.45, 2.75) is 19.9 Å². The first kappa shape index (κ1) is 19.6. The quantitative estimate of drug-likeness (QED) is 0.353. The highest BCUT2D eigenvalue weighted by atomic mass is 16.6. The first-order valence-corrected chi connectivity index (χ1v) is 9.93. The number of nitro groups is 1. The SMILES string of the molecule is Cc1ccc(N2C(=O)c3oc4ccc(C)cc4c(=O)c3C2c2ccc([N+](=O)[O-])cc2)nc1. The van der Waals surface area contributed by atoms with Crippen LogP contribution in [0, 0.1) is 24.0 Å². The molecule has 1 aliphatic heterocycles. The summed E-state index contributed by atoms with van der Waals surface area (Å²) in [5.74, 6) is -0.175. The molecule has 158 valence electrons. The van der Waals surface area contributed by atoms with Crippen LogP contribution in [-0.4, -0.2) is 15.8 Å². The number of carbonyl (C=O) groups excluding carboxylic acids is 1. The molecule has 0 bridgehead atoms. The van der Waals surface area contributed by atoms with Crippen molar-refractivity contribution in [1.82, 2.24) is 4.98 Å². The molecule has 0 saturated carbocycles. The van der Waals surface area contributed by atoms with Crippen molar-refractivity contribution in [2.75, 3.05) is 4.90 Å². The second-order valence-corrected chi connectivity index (χ2v) is 7.79. The Morgan fingerprint density at radius 1 is 1.00 bits per heavy atom. The van der Waals surface area contributed by atoms with Crippen molar-refractivity contribution in [3.05, 3.63) is 109 Å². The molecule has 1 amide bonds. The average Bonchev–Trinajstić information content (AvgIpc) is 3.07. The number of pyridine rings is 1. The Morgan fingerprint density at radius 2 is 1.72 bits per heavy atom. The number of amides is 1. The monoisotopic (exact) mass is 427 g/mol. The average molecular weight is 427 g/mol. The van der Waals surface area contributed by atoms with Crippen molar-refractivity contribution in [3.63, 3.8) is 0 Å². The molecule has 0 N–H and O–H groups in total. The first-order valence-electron chi connectivity index (χ1n) is 9.93. The fourth-order valence-electron chi connectivity index (χ4n) is 4.02. The van der Waals surface area contributed by atoms with Crippen LogP contribution in [0.1, 0.15) is 38.9 Å². The van der Waals surface area contributed by atoms with Gasteiger partial charge in [-0.2, -0.15) is 0 Å². The lowest BCUT2D eigenvalue weighted by Gasteiger charge is -2.24. The van der Waals surface area contributed by atoms with E-state index in [4.69, 9.17) is 4.42 Å². The summed E-state index contributed by atoms with van der Waals surface area (Å²) < 4.78 is 5.91. The van der Waals surface area contributed by atoms with Gasteiger partial charge in [0, 0.05) is 18.3 Å². The molecule has 0 saturated heterocycles. The van der Waals surface area contributed by atoms with Gasteiger partial charge in [0.15, 0.2) is 5.43 Å². The van der Waals surface area contributed by atoms with E-state index in [9.17, 15) is 19.7 Å². The third-order valence-electron chi connectivity index (χ3n) is 5.59. The van der Waals surface area contributed by atoms with Crippen molar-refractivity contribution < 1.29 is 14.1 Å².